The van der Waals surface area contributed by atoms with Crippen LogP contribution in [0.15, 0.2) is 72.8 Å². The highest BCUT2D eigenvalue weighted by Gasteiger charge is 2.23. The van der Waals surface area contributed by atoms with E-state index in [0.29, 0.717) is 68.2 Å². The minimum atomic E-state index is -0.346. The minimum absolute atomic E-state index is 0.213. The van der Waals surface area contributed by atoms with Crippen molar-refractivity contribution in [2.45, 2.75) is 32.1 Å². The van der Waals surface area contributed by atoms with Gasteiger partial charge in [0.05, 0.1) is 0 Å². The lowest BCUT2D eigenvalue weighted by Crippen LogP contribution is -2.38. The minimum Gasteiger partial charge on any atom is -0.483 e. The van der Waals surface area contributed by atoms with Gasteiger partial charge in [-0.1, -0.05) is 72.8 Å². The second-order valence-electron chi connectivity index (χ2n) is 13.2. The zero-order valence-electron chi connectivity index (χ0n) is 29.4. The molecule has 0 unspecified atom stereocenters. The van der Waals surface area contributed by atoms with Gasteiger partial charge in [-0.3, -0.25) is 19.2 Å². The summed E-state index contributed by atoms with van der Waals surface area (Å²) in [5, 5.41) is 11.4. The molecule has 0 spiro atoms. The first-order valence-electron chi connectivity index (χ1n) is 17.9. The first-order chi connectivity index (χ1) is 25.9. The molecule has 8 rings (SSSR count). The first kappa shape index (κ1) is 35.4. The number of ether oxygens (including phenoxy) is 4. The summed E-state index contributed by atoms with van der Waals surface area (Å²) in [7, 11) is 0. The molecule has 1 aliphatic carbocycles. The highest BCUT2D eigenvalue weighted by atomic mass is 16.5. The van der Waals surface area contributed by atoms with Crippen LogP contribution < -0.4 is 40.2 Å². The van der Waals surface area contributed by atoms with E-state index in [0.717, 1.165) is 44.5 Å². The van der Waals surface area contributed by atoms with Crippen molar-refractivity contribution in [3.8, 4) is 23.0 Å². The Bertz CT molecular complexity index is 1800. The van der Waals surface area contributed by atoms with Crippen LogP contribution in [0.25, 0.3) is 0 Å². The summed E-state index contributed by atoms with van der Waals surface area (Å²) in [5.41, 5.74) is 6.58. The molecule has 4 aromatic carbocycles. The molecule has 4 aliphatic rings. The van der Waals surface area contributed by atoms with Gasteiger partial charge in [0.25, 0.3) is 23.6 Å². The van der Waals surface area contributed by atoms with E-state index < -0.39 is 0 Å². The number of benzene rings is 4. The molecule has 0 aromatic heterocycles. The number of hydrogen-bond donors (Lipinski definition) is 4. The molecule has 12 bridgehead atoms. The van der Waals surface area contributed by atoms with E-state index in [1.165, 1.54) is 0 Å². The summed E-state index contributed by atoms with van der Waals surface area (Å²) >= 11 is 0. The average Bonchev–Trinajstić information content (AvgIpc) is 3.14. The van der Waals surface area contributed by atoms with Crippen molar-refractivity contribution in [2.24, 2.45) is 0 Å². The number of carbonyl (C=O) groups excluding carboxylic acids is 4. The summed E-state index contributed by atoms with van der Waals surface area (Å²) in [6.07, 6.45) is 2.04. The Hall–Kier alpha value is -6.04. The van der Waals surface area contributed by atoms with Gasteiger partial charge in [-0.2, -0.15) is 0 Å². The normalized spacial score (nSPS) is 17.1. The topological polar surface area (TPSA) is 153 Å². The van der Waals surface area contributed by atoms with Gasteiger partial charge in [-0.05, 0) is 50.9 Å². The molecule has 0 saturated heterocycles. The van der Waals surface area contributed by atoms with E-state index in [1.807, 2.05) is 72.8 Å². The molecule has 4 N–H and O–H groups in total. The zero-order chi connectivity index (χ0) is 36.6. The summed E-state index contributed by atoms with van der Waals surface area (Å²) in [6.45, 7) is 0.162. The van der Waals surface area contributed by atoms with E-state index in [4.69, 9.17) is 18.9 Å². The quantitative estimate of drug-likeness (QED) is 0.191. The molecule has 0 fully saturated rings. The van der Waals surface area contributed by atoms with Crippen LogP contribution in [-0.2, 0) is 44.9 Å². The molecule has 12 nitrogen and oxygen atoms in total. The summed E-state index contributed by atoms with van der Waals surface area (Å²) in [6, 6.07) is 23.5. The van der Waals surface area contributed by atoms with Gasteiger partial charge in [0.2, 0.25) is 0 Å². The lowest BCUT2D eigenvalue weighted by molar-refractivity contribution is -0.124. The van der Waals surface area contributed by atoms with Gasteiger partial charge in [0.1, 0.15) is 23.0 Å². The van der Waals surface area contributed by atoms with Crippen LogP contribution >= 0.6 is 0 Å². The maximum absolute atomic E-state index is 13.0. The monoisotopic (exact) mass is 718 g/mol. The first-order valence-corrected chi connectivity index (χ1v) is 17.9. The number of amides is 4. The van der Waals surface area contributed by atoms with Crippen molar-refractivity contribution >= 4 is 23.6 Å². The summed E-state index contributed by atoms with van der Waals surface area (Å²) < 4.78 is 25.5. The Labute approximate surface area is 307 Å². The van der Waals surface area contributed by atoms with Crippen LogP contribution in [0.3, 0.4) is 0 Å². The number of nitrogens with one attached hydrogen (secondary N) is 4. The Kier molecular flexibility index (Phi) is 11.0. The van der Waals surface area contributed by atoms with Gasteiger partial charge in [0, 0.05) is 51.9 Å². The third-order valence-corrected chi connectivity index (χ3v) is 9.39. The van der Waals surface area contributed by atoms with Crippen molar-refractivity contribution in [1.82, 2.24) is 21.3 Å². The van der Waals surface area contributed by atoms with Crippen LogP contribution in [0.1, 0.15) is 50.9 Å². The molecule has 0 atom stereocenters. The predicted octanol–water partition coefficient (Wildman–Crippen LogP) is 2.76. The van der Waals surface area contributed by atoms with Crippen molar-refractivity contribution < 1.29 is 38.1 Å². The average molecular weight is 719 g/mol. The third kappa shape index (κ3) is 8.71. The van der Waals surface area contributed by atoms with Gasteiger partial charge < -0.3 is 40.2 Å². The SMILES string of the molecule is O=C1COc2c3cccc2Cc2cccc4c2OCC(=O)NCCNC(=O)COc2c(cccc2Cc2cccc(c2OCC(=O)NCCCN1)C4)C3. The Morgan fingerprint density at radius 2 is 0.566 bits per heavy atom. The maximum atomic E-state index is 13.0. The molecule has 12 heteroatoms. The fourth-order valence-electron chi connectivity index (χ4n) is 6.93. The summed E-state index contributed by atoms with van der Waals surface area (Å²) in [5.74, 6) is 0.902. The van der Waals surface area contributed by atoms with Crippen LogP contribution in [0.4, 0.5) is 0 Å². The number of carbonyl (C=O) groups is 4. The molecule has 3 aliphatic heterocycles. The standard InChI is InChI=1S/C41H42N4O8/c46-34-22-50-38-26-6-1-7-27(38)19-31-11-4-13-33-21-29-9-2-8-28(39(29)51-23-35(47)43-15-5-14-42-34)20-32-12-3-10-30(18-26)40(32)52-24-36(48)44-16-17-45-37(49)25-53-41(31)33/h1-4,6-13H,5,14-25H2,(H,42,46)(H,43,47)(H,44,48)(H,45,49). The van der Waals surface area contributed by atoms with E-state index in [1.54, 1.807) is 0 Å². The second-order valence-corrected chi connectivity index (χ2v) is 13.2. The van der Waals surface area contributed by atoms with E-state index in [-0.39, 0.29) is 63.1 Å². The molecule has 4 amide bonds. The highest BCUT2D eigenvalue weighted by molar-refractivity contribution is 5.79. The Balaban J connectivity index is 1.47. The van der Waals surface area contributed by atoms with Crippen LogP contribution in [-0.4, -0.2) is 76.2 Å². The second kappa shape index (κ2) is 16.5. The van der Waals surface area contributed by atoms with E-state index in [2.05, 4.69) is 21.3 Å². The number of para-hydroxylation sites is 4. The van der Waals surface area contributed by atoms with E-state index in [9.17, 15) is 19.2 Å². The van der Waals surface area contributed by atoms with Gasteiger partial charge in [0.15, 0.2) is 26.4 Å². The molecule has 53 heavy (non-hydrogen) atoms. The van der Waals surface area contributed by atoms with Crippen LogP contribution in [0, 0.1) is 0 Å². The maximum Gasteiger partial charge on any atom is 0.258 e. The molecule has 0 saturated carbocycles. The van der Waals surface area contributed by atoms with Crippen molar-refractivity contribution in [1.29, 1.82) is 0 Å². The number of fused-ring (bicyclic) bond motifs is 10. The fourth-order valence-corrected chi connectivity index (χ4v) is 6.93. The highest BCUT2D eigenvalue weighted by Crippen LogP contribution is 2.39. The molecule has 0 radical (unpaired) electrons. The molecular weight excluding hydrogens is 676 g/mol. The predicted molar refractivity (Wildman–Crippen MR) is 196 cm³/mol. The lowest BCUT2D eigenvalue weighted by atomic mass is 9.91. The molecule has 4 aromatic rings. The fraction of sp³-hybridized carbons (Fsp3) is 0.317. The van der Waals surface area contributed by atoms with Gasteiger partial charge in [-0.15, -0.1) is 0 Å². The molecule has 274 valence electrons. The van der Waals surface area contributed by atoms with Crippen molar-refractivity contribution in [3.63, 3.8) is 0 Å². The number of rotatable bonds is 0. The number of hydrogen-bond acceptors (Lipinski definition) is 8. The van der Waals surface area contributed by atoms with Crippen LogP contribution in [0.5, 0.6) is 23.0 Å². The molecule has 3 heterocycles. The zero-order valence-corrected chi connectivity index (χ0v) is 29.4. The van der Waals surface area contributed by atoms with Gasteiger partial charge in [-0.25, -0.2) is 0 Å². The third-order valence-electron chi connectivity index (χ3n) is 9.39. The Morgan fingerprint density at radius 3 is 0.811 bits per heavy atom. The van der Waals surface area contributed by atoms with E-state index >= 15 is 0 Å². The smallest absolute Gasteiger partial charge is 0.258 e. The van der Waals surface area contributed by atoms with Gasteiger partial charge >= 0.3 is 0 Å². The van der Waals surface area contributed by atoms with Crippen molar-refractivity contribution in [2.75, 3.05) is 52.6 Å². The largest absolute Gasteiger partial charge is 0.483 e. The lowest BCUT2D eigenvalue weighted by Gasteiger charge is -2.22. The van der Waals surface area contributed by atoms with Crippen molar-refractivity contribution in [3.05, 3.63) is 117 Å². The van der Waals surface area contributed by atoms with Crippen LogP contribution in [0.2, 0.25) is 0 Å². The molecular formula is C41H42N4O8. The Morgan fingerprint density at radius 1 is 0.340 bits per heavy atom. The summed E-state index contributed by atoms with van der Waals surface area (Å²) in [4.78, 5) is 52.1.